The normalized spacial score (nSPS) is 23.1. The fourth-order valence-corrected chi connectivity index (χ4v) is 2.71. The molecule has 1 saturated carbocycles. The van der Waals surface area contributed by atoms with Crippen LogP contribution in [0.15, 0.2) is 18.2 Å². The van der Waals surface area contributed by atoms with Crippen molar-refractivity contribution in [3.63, 3.8) is 0 Å². The summed E-state index contributed by atoms with van der Waals surface area (Å²) in [7, 11) is 3.42. The zero-order valence-corrected chi connectivity index (χ0v) is 12.3. The van der Waals surface area contributed by atoms with E-state index in [9.17, 15) is 0 Å². The van der Waals surface area contributed by atoms with Gasteiger partial charge in [-0.1, -0.05) is 6.07 Å². The van der Waals surface area contributed by atoms with Gasteiger partial charge in [0.15, 0.2) is 0 Å². The molecular weight excluding hydrogens is 264 g/mol. The predicted molar refractivity (Wildman–Crippen MR) is 76.2 cm³/mol. The molecule has 2 atom stereocenters. The van der Waals surface area contributed by atoms with Crippen molar-refractivity contribution in [3.05, 3.63) is 23.8 Å². The molecule has 0 heterocycles. The molecule has 1 aliphatic carbocycles. The number of halogens is 1. The van der Waals surface area contributed by atoms with E-state index >= 15 is 0 Å². The van der Waals surface area contributed by atoms with Crippen LogP contribution in [0.3, 0.4) is 0 Å². The number of ether oxygens (including phenoxy) is 3. The average Bonchev–Trinajstić information content (AvgIpc) is 2.47. The Balaban J connectivity index is 2.08. The summed E-state index contributed by atoms with van der Waals surface area (Å²) < 4.78 is 16.8. The molecule has 0 aliphatic heterocycles. The van der Waals surface area contributed by atoms with Gasteiger partial charge in [0.1, 0.15) is 17.6 Å². The minimum atomic E-state index is 0.202. The SMILES string of the molecule is COc1ccc(CCl)c(OC2CCCC(OC)C2)c1. The van der Waals surface area contributed by atoms with Gasteiger partial charge in [0.25, 0.3) is 0 Å². The largest absolute Gasteiger partial charge is 0.497 e. The van der Waals surface area contributed by atoms with Crippen LogP contribution in [0.25, 0.3) is 0 Å². The van der Waals surface area contributed by atoms with E-state index in [1.54, 1.807) is 14.2 Å². The van der Waals surface area contributed by atoms with Crippen LogP contribution in [0.2, 0.25) is 0 Å². The van der Waals surface area contributed by atoms with E-state index in [2.05, 4.69) is 0 Å². The van der Waals surface area contributed by atoms with Crippen LogP contribution < -0.4 is 9.47 Å². The van der Waals surface area contributed by atoms with E-state index in [0.29, 0.717) is 12.0 Å². The Hall–Kier alpha value is -0.930. The lowest BCUT2D eigenvalue weighted by atomic mass is 9.95. The lowest BCUT2D eigenvalue weighted by Crippen LogP contribution is -2.29. The molecule has 0 spiro atoms. The highest BCUT2D eigenvalue weighted by Gasteiger charge is 2.23. The standard InChI is InChI=1S/C15H21ClO3/c1-17-12-4-3-5-14(8-12)19-15-9-13(18-2)7-6-11(15)10-16/h6-7,9,12,14H,3-5,8,10H2,1-2H3. The van der Waals surface area contributed by atoms with E-state index in [1.807, 2.05) is 18.2 Å². The van der Waals surface area contributed by atoms with Crippen LogP contribution in [0.1, 0.15) is 31.2 Å². The quantitative estimate of drug-likeness (QED) is 0.770. The Morgan fingerprint density at radius 3 is 2.68 bits per heavy atom. The third kappa shape index (κ3) is 3.77. The van der Waals surface area contributed by atoms with Crippen LogP contribution in [0, 0.1) is 0 Å². The van der Waals surface area contributed by atoms with Gasteiger partial charge in [-0.3, -0.25) is 0 Å². The molecule has 0 aromatic heterocycles. The second kappa shape index (κ2) is 7.01. The van der Waals surface area contributed by atoms with Gasteiger partial charge >= 0.3 is 0 Å². The van der Waals surface area contributed by atoms with E-state index < -0.39 is 0 Å². The van der Waals surface area contributed by atoms with E-state index in [-0.39, 0.29) is 6.10 Å². The van der Waals surface area contributed by atoms with Crippen LogP contribution >= 0.6 is 11.6 Å². The Bertz CT molecular complexity index is 408. The number of benzene rings is 1. The van der Waals surface area contributed by atoms with Gasteiger partial charge in [-0.05, 0) is 25.3 Å². The lowest BCUT2D eigenvalue weighted by molar-refractivity contribution is 0.0207. The zero-order valence-electron chi connectivity index (χ0n) is 11.5. The van der Waals surface area contributed by atoms with Crippen molar-refractivity contribution in [1.29, 1.82) is 0 Å². The predicted octanol–water partition coefficient (Wildman–Crippen LogP) is 3.77. The molecule has 0 saturated heterocycles. The maximum atomic E-state index is 6.11. The van der Waals surface area contributed by atoms with Crippen LogP contribution in [-0.2, 0) is 10.6 Å². The third-order valence-electron chi connectivity index (χ3n) is 3.62. The fraction of sp³-hybridized carbons (Fsp3) is 0.600. The van der Waals surface area contributed by atoms with Crippen molar-refractivity contribution in [3.8, 4) is 11.5 Å². The van der Waals surface area contributed by atoms with Gasteiger partial charge in [-0.2, -0.15) is 0 Å². The molecular formula is C15H21ClO3. The van der Waals surface area contributed by atoms with Crippen LogP contribution in [0.4, 0.5) is 0 Å². The Morgan fingerprint density at radius 1 is 1.21 bits per heavy atom. The molecule has 106 valence electrons. The third-order valence-corrected chi connectivity index (χ3v) is 3.91. The van der Waals surface area contributed by atoms with Gasteiger partial charge < -0.3 is 14.2 Å². The molecule has 3 nitrogen and oxygen atoms in total. The minimum absolute atomic E-state index is 0.202. The van der Waals surface area contributed by atoms with E-state index in [1.165, 1.54) is 0 Å². The molecule has 0 bridgehead atoms. The second-order valence-electron chi connectivity index (χ2n) is 4.87. The summed E-state index contributed by atoms with van der Waals surface area (Å²) in [5.41, 5.74) is 1.00. The summed E-state index contributed by atoms with van der Waals surface area (Å²) in [6.07, 6.45) is 4.78. The topological polar surface area (TPSA) is 27.7 Å². The van der Waals surface area contributed by atoms with Crippen molar-refractivity contribution < 1.29 is 14.2 Å². The number of hydrogen-bond acceptors (Lipinski definition) is 3. The molecule has 1 fully saturated rings. The van der Waals surface area contributed by atoms with Gasteiger partial charge in [-0.25, -0.2) is 0 Å². The van der Waals surface area contributed by atoms with Crippen LogP contribution in [-0.4, -0.2) is 26.4 Å². The maximum Gasteiger partial charge on any atom is 0.127 e. The second-order valence-corrected chi connectivity index (χ2v) is 5.14. The first-order valence-corrected chi connectivity index (χ1v) is 7.22. The molecule has 2 rings (SSSR count). The monoisotopic (exact) mass is 284 g/mol. The van der Waals surface area contributed by atoms with Crippen molar-refractivity contribution >= 4 is 11.6 Å². The summed E-state index contributed by atoms with van der Waals surface area (Å²) in [6.45, 7) is 0. The van der Waals surface area contributed by atoms with E-state index in [0.717, 1.165) is 42.7 Å². The number of hydrogen-bond donors (Lipinski definition) is 0. The number of alkyl halides is 1. The van der Waals surface area contributed by atoms with E-state index in [4.69, 9.17) is 25.8 Å². The highest BCUT2D eigenvalue weighted by Crippen LogP contribution is 2.30. The molecule has 4 heteroatoms. The van der Waals surface area contributed by atoms with Gasteiger partial charge in [0.05, 0.1) is 19.1 Å². The van der Waals surface area contributed by atoms with Crippen molar-refractivity contribution in [2.75, 3.05) is 14.2 Å². The lowest BCUT2D eigenvalue weighted by Gasteiger charge is -2.29. The fourth-order valence-electron chi connectivity index (χ4n) is 2.48. The maximum absolute atomic E-state index is 6.11. The zero-order chi connectivity index (χ0) is 13.7. The van der Waals surface area contributed by atoms with Crippen LogP contribution in [0.5, 0.6) is 11.5 Å². The molecule has 2 unspecified atom stereocenters. The highest BCUT2D eigenvalue weighted by molar-refractivity contribution is 6.17. The molecule has 0 N–H and O–H groups in total. The van der Waals surface area contributed by atoms with Gasteiger partial charge in [0.2, 0.25) is 0 Å². The molecule has 0 amide bonds. The molecule has 0 radical (unpaired) electrons. The van der Waals surface area contributed by atoms with Crippen molar-refractivity contribution in [2.45, 2.75) is 43.8 Å². The van der Waals surface area contributed by atoms with Crippen molar-refractivity contribution in [2.24, 2.45) is 0 Å². The number of rotatable bonds is 5. The summed E-state index contributed by atoms with van der Waals surface area (Å²) in [6, 6.07) is 5.77. The highest BCUT2D eigenvalue weighted by atomic mass is 35.5. The Kier molecular flexibility index (Phi) is 5.34. The minimum Gasteiger partial charge on any atom is -0.497 e. The first-order chi connectivity index (χ1) is 9.26. The molecule has 1 aromatic carbocycles. The first-order valence-electron chi connectivity index (χ1n) is 6.69. The van der Waals surface area contributed by atoms with Gasteiger partial charge in [0, 0.05) is 25.2 Å². The average molecular weight is 285 g/mol. The smallest absolute Gasteiger partial charge is 0.127 e. The van der Waals surface area contributed by atoms with Crippen molar-refractivity contribution in [1.82, 2.24) is 0 Å². The molecule has 1 aliphatic rings. The summed E-state index contributed by atoms with van der Waals surface area (Å²) in [4.78, 5) is 0. The first kappa shape index (κ1) is 14.5. The summed E-state index contributed by atoms with van der Waals surface area (Å²) >= 11 is 5.96. The molecule has 1 aromatic rings. The molecule has 19 heavy (non-hydrogen) atoms. The summed E-state index contributed by atoms with van der Waals surface area (Å²) in [5.74, 6) is 2.07. The Morgan fingerprint density at radius 2 is 2.00 bits per heavy atom. The van der Waals surface area contributed by atoms with Gasteiger partial charge in [-0.15, -0.1) is 11.6 Å². The Labute approximate surface area is 119 Å². The number of methoxy groups -OCH3 is 2. The summed E-state index contributed by atoms with van der Waals surface area (Å²) in [5, 5.41) is 0.